The number of anilines is 2. The summed E-state index contributed by atoms with van der Waals surface area (Å²) in [6.45, 7) is -0.349. The van der Waals surface area contributed by atoms with Crippen LogP contribution in [0.3, 0.4) is 0 Å². The number of hydrogen-bond donors (Lipinski definition) is 3. The van der Waals surface area contributed by atoms with Crippen LogP contribution < -0.4 is 10.6 Å². The van der Waals surface area contributed by atoms with Crippen LogP contribution in [0.15, 0.2) is 34.8 Å². The number of aromatic nitrogens is 2. The van der Waals surface area contributed by atoms with Crippen molar-refractivity contribution in [2.45, 2.75) is 12.7 Å². The number of carbonyl (C=O) groups is 1. The number of hydrogen-bond acceptors (Lipinski definition) is 5. The number of carboxylic acid groups (broad SMARTS) is 1. The van der Waals surface area contributed by atoms with E-state index in [0.717, 1.165) is 16.1 Å². The number of nitrogens with one attached hydrogen (secondary N) is 2. The van der Waals surface area contributed by atoms with Gasteiger partial charge in [0.05, 0.1) is 0 Å². The second kappa shape index (κ2) is 7.47. The van der Waals surface area contributed by atoms with Crippen molar-refractivity contribution in [3.05, 3.63) is 46.1 Å². The Morgan fingerprint density at radius 1 is 1.21 bits per heavy atom. The number of rotatable bonds is 6. The number of aliphatic carboxylic acids is 1. The normalized spacial score (nSPS) is 11.2. The Labute approximate surface area is 143 Å². The quantitative estimate of drug-likeness (QED) is 0.684. The lowest BCUT2D eigenvalue weighted by molar-refractivity contribution is -0.141. The van der Waals surface area contributed by atoms with Gasteiger partial charge in [-0.15, -0.1) is 0 Å². The van der Waals surface area contributed by atoms with Crippen molar-refractivity contribution in [2.24, 2.45) is 0 Å². The molecule has 0 radical (unpaired) electrons. The average Bonchev–Trinajstić information content (AvgIpc) is 2.50. The van der Waals surface area contributed by atoms with Crippen LogP contribution in [0, 0.1) is 0 Å². The summed E-state index contributed by atoms with van der Waals surface area (Å²) < 4.78 is 39.5. The number of carboxylic acids is 1. The van der Waals surface area contributed by atoms with Crippen molar-refractivity contribution in [3.8, 4) is 0 Å². The van der Waals surface area contributed by atoms with Crippen molar-refractivity contribution in [1.29, 1.82) is 0 Å². The molecule has 1 heterocycles. The van der Waals surface area contributed by atoms with E-state index in [-0.39, 0.29) is 12.4 Å². The molecule has 128 valence electrons. The fourth-order valence-electron chi connectivity index (χ4n) is 1.76. The van der Waals surface area contributed by atoms with Crippen molar-refractivity contribution in [2.75, 3.05) is 17.2 Å². The third-order valence-corrected chi connectivity index (χ3v) is 3.27. The van der Waals surface area contributed by atoms with Crippen LogP contribution in [0.5, 0.6) is 0 Å². The first-order chi connectivity index (χ1) is 11.2. The minimum Gasteiger partial charge on any atom is -0.480 e. The van der Waals surface area contributed by atoms with Gasteiger partial charge in [-0.1, -0.05) is 28.1 Å². The van der Waals surface area contributed by atoms with Crippen LogP contribution in [-0.4, -0.2) is 27.6 Å². The lowest BCUT2D eigenvalue weighted by atomic mass is 10.2. The smallest absolute Gasteiger partial charge is 0.433 e. The van der Waals surface area contributed by atoms with E-state index in [0.29, 0.717) is 0 Å². The third kappa shape index (κ3) is 5.37. The van der Waals surface area contributed by atoms with Crippen molar-refractivity contribution in [3.63, 3.8) is 0 Å². The molecule has 0 aliphatic carbocycles. The Hall–Kier alpha value is -2.36. The molecule has 0 spiro atoms. The number of alkyl halides is 3. The molecule has 24 heavy (non-hydrogen) atoms. The first-order valence-corrected chi connectivity index (χ1v) is 7.43. The van der Waals surface area contributed by atoms with Gasteiger partial charge in [0, 0.05) is 17.1 Å². The Morgan fingerprint density at radius 2 is 1.96 bits per heavy atom. The topological polar surface area (TPSA) is 87.1 Å². The minimum atomic E-state index is -4.67. The van der Waals surface area contributed by atoms with Gasteiger partial charge in [-0.25, -0.2) is 4.98 Å². The molecule has 0 atom stereocenters. The molecule has 1 aromatic heterocycles. The average molecular weight is 405 g/mol. The highest BCUT2D eigenvalue weighted by molar-refractivity contribution is 9.10. The Balaban J connectivity index is 2.20. The van der Waals surface area contributed by atoms with Gasteiger partial charge in [0.1, 0.15) is 12.4 Å². The fourth-order valence-corrected chi connectivity index (χ4v) is 2.20. The maximum absolute atomic E-state index is 12.9. The number of benzene rings is 1. The van der Waals surface area contributed by atoms with Crippen LogP contribution in [0.2, 0.25) is 0 Å². The van der Waals surface area contributed by atoms with Crippen LogP contribution in [-0.2, 0) is 17.5 Å². The van der Waals surface area contributed by atoms with Crippen molar-refractivity contribution < 1.29 is 23.1 Å². The van der Waals surface area contributed by atoms with E-state index in [1.165, 1.54) is 0 Å². The van der Waals surface area contributed by atoms with E-state index in [1.807, 2.05) is 12.1 Å². The van der Waals surface area contributed by atoms with Crippen LogP contribution in [0.4, 0.5) is 24.9 Å². The van der Waals surface area contributed by atoms with E-state index in [4.69, 9.17) is 5.11 Å². The molecule has 6 nitrogen and oxygen atoms in total. The summed E-state index contributed by atoms with van der Waals surface area (Å²) in [5.74, 6) is -1.71. The second-order valence-corrected chi connectivity index (χ2v) is 5.61. The van der Waals surface area contributed by atoms with Gasteiger partial charge in [0.25, 0.3) is 0 Å². The SMILES string of the molecule is O=C(O)CNc1nc(NCc2cccc(Br)c2)cc(C(F)(F)F)n1. The standard InChI is InChI=1S/C14H12BrF3N4O2/c15-9-3-1-2-8(4-9)6-19-11-5-10(14(16,17)18)21-13(22-11)20-7-12(23)24/h1-5H,6-7H2,(H,23,24)(H2,19,20,21,22). The van der Waals surface area contributed by atoms with Gasteiger partial charge < -0.3 is 15.7 Å². The largest absolute Gasteiger partial charge is 0.480 e. The molecule has 0 aliphatic rings. The maximum atomic E-state index is 12.9. The van der Waals surface area contributed by atoms with Crippen molar-refractivity contribution >= 4 is 33.7 Å². The molecule has 0 fully saturated rings. The summed E-state index contributed by atoms with van der Waals surface area (Å²) in [7, 11) is 0. The first-order valence-electron chi connectivity index (χ1n) is 6.64. The molecular weight excluding hydrogens is 393 g/mol. The van der Waals surface area contributed by atoms with Crippen molar-refractivity contribution in [1.82, 2.24) is 9.97 Å². The first kappa shape index (κ1) is 18.0. The Morgan fingerprint density at radius 3 is 2.58 bits per heavy atom. The van der Waals surface area contributed by atoms with Crippen LogP contribution >= 0.6 is 15.9 Å². The molecular formula is C14H12BrF3N4O2. The van der Waals surface area contributed by atoms with Gasteiger partial charge >= 0.3 is 12.1 Å². The maximum Gasteiger partial charge on any atom is 0.433 e. The van der Waals surface area contributed by atoms with E-state index in [9.17, 15) is 18.0 Å². The lowest BCUT2D eigenvalue weighted by Crippen LogP contribution is -2.18. The van der Waals surface area contributed by atoms with Gasteiger partial charge in [0.2, 0.25) is 5.95 Å². The highest BCUT2D eigenvalue weighted by Gasteiger charge is 2.33. The zero-order chi connectivity index (χ0) is 17.7. The second-order valence-electron chi connectivity index (χ2n) is 4.69. The number of nitrogens with zero attached hydrogens (tertiary/aromatic N) is 2. The molecule has 10 heteroatoms. The lowest BCUT2D eigenvalue weighted by Gasteiger charge is -2.12. The van der Waals surface area contributed by atoms with E-state index in [1.54, 1.807) is 12.1 Å². The zero-order valence-electron chi connectivity index (χ0n) is 12.1. The summed E-state index contributed by atoms with van der Waals surface area (Å²) >= 11 is 3.30. The third-order valence-electron chi connectivity index (χ3n) is 2.78. The Kier molecular flexibility index (Phi) is 5.60. The van der Waals surface area contributed by atoms with E-state index >= 15 is 0 Å². The van der Waals surface area contributed by atoms with Crippen LogP contribution in [0.25, 0.3) is 0 Å². The molecule has 3 N–H and O–H groups in total. The molecule has 2 rings (SSSR count). The summed E-state index contributed by atoms with van der Waals surface area (Å²) in [5, 5.41) is 13.6. The molecule has 2 aromatic rings. The predicted octanol–water partition coefficient (Wildman–Crippen LogP) is 3.37. The van der Waals surface area contributed by atoms with Gasteiger partial charge in [-0.05, 0) is 17.7 Å². The molecule has 1 aromatic carbocycles. The molecule has 0 saturated heterocycles. The van der Waals surface area contributed by atoms with E-state index < -0.39 is 30.3 Å². The number of halogens is 4. The highest BCUT2D eigenvalue weighted by atomic mass is 79.9. The Bertz CT molecular complexity index is 740. The van der Waals surface area contributed by atoms with Gasteiger partial charge in [-0.2, -0.15) is 18.2 Å². The molecule has 0 aliphatic heterocycles. The molecule has 0 unspecified atom stereocenters. The van der Waals surface area contributed by atoms with Gasteiger partial charge in [-0.3, -0.25) is 4.79 Å². The molecule has 0 amide bonds. The minimum absolute atomic E-state index is 0.0646. The predicted molar refractivity (Wildman–Crippen MR) is 84.6 cm³/mol. The van der Waals surface area contributed by atoms with Crippen LogP contribution in [0.1, 0.15) is 11.3 Å². The van der Waals surface area contributed by atoms with Gasteiger partial charge in [0.15, 0.2) is 5.69 Å². The molecule has 0 saturated carbocycles. The monoisotopic (exact) mass is 404 g/mol. The summed E-state index contributed by atoms with van der Waals surface area (Å²) in [6.07, 6.45) is -4.67. The molecule has 0 bridgehead atoms. The zero-order valence-corrected chi connectivity index (χ0v) is 13.6. The van der Waals surface area contributed by atoms with E-state index in [2.05, 4.69) is 36.5 Å². The summed E-state index contributed by atoms with van der Waals surface area (Å²) in [4.78, 5) is 17.7. The fraction of sp³-hybridized carbons (Fsp3) is 0.214. The highest BCUT2D eigenvalue weighted by Crippen LogP contribution is 2.29. The summed E-state index contributed by atoms with van der Waals surface area (Å²) in [6, 6.07) is 7.99. The summed E-state index contributed by atoms with van der Waals surface area (Å²) in [5.41, 5.74) is -0.335.